The number of nitrogens with zero attached hydrogens (tertiary/aromatic N) is 1. The van der Waals surface area contributed by atoms with Crippen LogP contribution in [0.5, 0.6) is 5.75 Å². The summed E-state index contributed by atoms with van der Waals surface area (Å²) in [6, 6.07) is 15.5. The SMILES string of the molecule is CCCNC(=O)c1ccc(COc2ccc3c(c2)C(c2ccc(F)cc2)N(C(=O)C2CCCC2)CC3)o1. The molecule has 2 amide bonds. The quantitative estimate of drug-likeness (QED) is 0.421. The number of hydrogen-bond acceptors (Lipinski definition) is 4. The van der Waals surface area contributed by atoms with Crippen LogP contribution in [0.2, 0.25) is 0 Å². The average Bonchev–Trinajstić information content (AvgIpc) is 3.63. The van der Waals surface area contributed by atoms with Gasteiger partial charge in [0, 0.05) is 19.0 Å². The number of ether oxygens (including phenoxy) is 1. The summed E-state index contributed by atoms with van der Waals surface area (Å²) in [7, 11) is 0. The van der Waals surface area contributed by atoms with Gasteiger partial charge in [-0.3, -0.25) is 9.59 Å². The van der Waals surface area contributed by atoms with Crippen LogP contribution in [0.1, 0.15) is 78.1 Å². The van der Waals surface area contributed by atoms with Gasteiger partial charge in [-0.05, 0) is 78.8 Å². The van der Waals surface area contributed by atoms with Crippen LogP contribution in [0, 0.1) is 11.7 Å². The third-order valence-corrected chi connectivity index (χ3v) is 7.32. The topological polar surface area (TPSA) is 71.8 Å². The maximum absolute atomic E-state index is 13.8. The Morgan fingerprint density at radius 3 is 2.62 bits per heavy atom. The van der Waals surface area contributed by atoms with Gasteiger partial charge in [-0.1, -0.05) is 38.0 Å². The second-order valence-corrected chi connectivity index (χ2v) is 9.89. The number of amides is 2. The van der Waals surface area contributed by atoms with E-state index in [2.05, 4.69) is 5.32 Å². The molecule has 2 heterocycles. The predicted molar refractivity (Wildman–Crippen MR) is 138 cm³/mol. The number of fused-ring (bicyclic) bond motifs is 1. The largest absolute Gasteiger partial charge is 0.486 e. The molecule has 1 saturated carbocycles. The molecule has 1 aliphatic carbocycles. The Balaban J connectivity index is 1.38. The number of halogens is 1. The Morgan fingerprint density at radius 2 is 1.86 bits per heavy atom. The van der Waals surface area contributed by atoms with Crippen molar-refractivity contribution in [1.82, 2.24) is 10.2 Å². The van der Waals surface area contributed by atoms with Gasteiger partial charge in [-0.25, -0.2) is 4.39 Å². The van der Waals surface area contributed by atoms with E-state index in [4.69, 9.17) is 9.15 Å². The zero-order valence-electron chi connectivity index (χ0n) is 21.2. The van der Waals surface area contributed by atoms with Crippen molar-refractivity contribution in [3.05, 3.63) is 88.6 Å². The van der Waals surface area contributed by atoms with E-state index in [1.807, 2.05) is 30.0 Å². The first-order valence-electron chi connectivity index (χ1n) is 13.2. The molecule has 2 aromatic carbocycles. The van der Waals surface area contributed by atoms with E-state index < -0.39 is 0 Å². The third-order valence-electron chi connectivity index (χ3n) is 7.32. The van der Waals surface area contributed by atoms with Crippen LogP contribution in [-0.2, 0) is 17.8 Å². The van der Waals surface area contributed by atoms with Crippen LogP contribution in [-0.4, -0.2) is 29.8 Å². The van der Waals surface area contributed by atoms with Gasteiger partial charge in [-0.15, -0.1) is 0 Å². The summed E-state index contributed by atoms with van der Waals surface area (Å²) in [6.07, 6.45) is 5.67. The average molecular weight is 505 g/mol. The van der Waals surface area contributed by atoms with Gasteiger partial charge in [0.2, 0.25) is 5.91 Å². The molecule has 0 radical (unpaired) electrons. The minimum atomic E-state index is -0.299. The Kier molecular flexibility index (Phi) is 7.58. The van der Waals surface area contributed by atoms with Gasteiger partial charge >= 0.3 is 0 Å². The number of hydrogen-bond donors (Lipinski definition) is 1. The van der Waals surface area contributed by atoms with E-state index in [-0.39, 0.29) is 42.0 Å². The first-order chi connectivity index (χ1) is 18.0. The summed E-state index contributed by atoms with van der Waals surface area (Å²) in [5.41, 5.74) is 3.05. The molecule has 1 unspecified atom stereocenters. The lowest BCUT2D eigenvalue weighted by Crippen LogP contribution is -2.43. The zero-order valence-corrected chi connectivity index (χ0v) is 21.2. The van der Waals surface area contributed by atoms with Crippen molar-refractivity contribution in [3.8, 4) is 5.75 Å². The van der Waals surface area contributed by atoms with E-state index in [1.54, 1.807) is 24.3 Å². The Bertz CT molecular complexity index is 1250. The molecular formula is C30H33FN2O4. The number of carbonyl (C=O) groups is 2. The highest BCUT2D eigenvalue weighted by molar-refractivity contribution is 5.91. The summed E-state index contributed by atoms with van der Waals surface area (Å²) in [5.74, 6) is 1.17. The molecule has 1 fully saturated rings. The van der Waals surface area contributed by atoms with E-state index in [1.165, 1.54) is 12.1 Å². The monoisotopic (exact) mass is 504 g/mol. The van der Waals surface area contributed by atoms with E-state index in [0.29, 0.717) is 24.6 Å². The second-order valence-electron chi connectivity index (χ2n) is 9.89. The molecule has 2 aliphatic rings. The molecule has 0 saturated heterocycles. The van der Waals surface area contributed by atoms with E-state index in [0.717, 1.165) is 55.2 Å². The van der Waals surface area contributed by atoms with Crippen LogP contribution in [0.3, 0.4) is 0 Å². The van der Waals surface area contributed by atoms with Crippen LogP contribution in [0.4, 0.5) is 4.39 Å². The minimum absolute atomic E-state index is 0.0617. The molecule has 194 valence electrons. The van der Waals surface area contributed by atoms with Crippen LogP contribution in [0.25, 0.3) is 0 Å². The maximum atomic E-state index is 13.8. The van der Waals surface area contributed by atoms with Crippen molar-refractivity contribution in [2.45, 2.75) is 58.1 Å². The van der Waals surface area contributed by atoms with E-state index >= 15 is 0 Å². The Labute approximate surface area is 216 Å². The second kappa shape index (κ2) is 11.2. The molecular weight excluding hydrogens is 471 g/mol. The summed E-state index contributed by atoms with van der Waals surface area (Å²) in [6.45, 7) is 3.40. The lowest BCUT2D eigenvalue weighted by molar-refractivity contribution is -0.137. The van der Waals surface area contributed by atoms with Gasteiger partial charge in [0.1, 0.15) is 23.9 Å². The third kappa shape index (κ3) is 5.55. The predicted octanol–water partition coefficient (Wildman–Crippen LogP) is 5.80. The fourth-order valence-electron chi connectivity index (χ4n) is 5.39. The van der Waals surface area contributed by atoms with Crippen molar-refractivity contribution in [2.75, 3.05) is 13.1 Å². The molecule has 1 N–H and O–H groups in total. The molecule has 37 heavy (non-hydrogen) atoms. The normalized spacial score (nSPS) is 17.5. The summed E-state index contributed by atoms with van der Waals surface area (Å²) >= 11 is 0. The highest BCUT2D eigenvalue weighted by Gasteiger charge is 2.36. The fourth-order valence-corrected chi connectivity index (χ4v) is 5.39. The number of benzene rings is 2. The molecule has 6 nitrogen and oxygen atoms in total. The molecule has 3 aromatic rings. The number of nitrogens with one attached hydrogen (secondary N) is 1. The summed E-state index contributed by atoms with van der Waals surface area (Å²) in [5, 5.41) is 2.80. The first-order valence-corrected chi connectivity index (χ1v) is 13.2. The van der Waals surface area contributed by atoms with Crippen molar-refractivity contribution in [1.29, 1.82) is 0 Å². The highest BCUT2D eigenvalue weighted by Crippen LogP contribution is 2.39. The summed E-state index contributed by atoms with van der Waals surface area (Å²) < 4.78 is 25.5. The molecule has 1 atom stereocenters. The molecule has 0 bridgehead atoms. The van der Waals surface area contributed by atoms with Gasteiger partial charge in [0.25, 0.3) is 5.91 Å². The standard InChI is InChI=1S/C30H33FN2O4/c1-2-16-32-29(34)27-14-13-25(37-27)19-36-24-12-9-20-15-17-33(30(35)22-5-3-4-6-22)28(26(20)18-24)21-7-10-23(31)11-8-21/h7-14,18,22,28H,2-6,15-17,19H2,1H3,(H,32,34). The molecule has 0 spiro atoms. The first kappa shape index (κ1) is 25.1. The number of furan rings is 1. The fraction of sp³-hybridized carbons (Fsp3) is 0.400. The van der Waals surface area contributed by atoms with Gasteiger partial charge in [-0.2, -0.15) is 0 Å². The maximum Gasteiger partial charge on any atom is 0.286 e. The van der Waals surface area contributed by atoms with Gasteiger partial charge in [0.15, 0.2) is 5.76 Å². The van der Waals surface area contributed by atoms with E-state index in [9.17, 15) is 14.0 Å². The highest BCUT2D eigenvalue weighted by atomic mass is 19.1. The smallest absolute Gasteiger partial charge is 0.286 e. The van der Waals surface area contributed by atoms with Crippen LogP contribution >= 0.6 is 0 Å². The zero-order chi connectivity index (χ0) is 25.8. The van der Waals surface area contributed by atoms with Crippen LogP contribution in [0.15, 0.2) is 59.0 Å². The molecule has 1 aliphatic heterocycles. The van der Waals surface area contributed by atoms with Crippen molar-refractivity contribution >= 4 is 11.8 Å². The van der Waals surface area contributed by atoms with Crippen molar-refractivity contribution < 1.29 is 23.1 Å². The lowest BCUT2D eigenvalue weighted by Gasteiger charge is -2.39. The van der Waals surface area contributed by atoms with Crippen molar-refractivity contribution in [3.63, 3.8) is 0 Å². The van der Waals surface area contributed by atoms with Crippen LogP contribution < -0.4 is 10.1 Å². The lowest BCUT2D eigenvalue weighted by atomic mass is 9.87. The minimum Gasteiger partial charge on any atom is -0.486 e. The number of rotatable bonds is 8. The molecule has 1 aromatic heterocycles. The Hall–Kier alpha value is -3.61. The number of carbonyl (C=O) groups excluding carboxylic acids is 2. The molecule has 7 heteroatoms. The molecule has 5 rings (SSSR count). The van der Waals surface area contributed by atoms with Gasteiger partial charge in [0.05, 0.1) is 6.04 Å². The van der Waals surface area contributed by atoms with Gasteiger partial charge < -0.3 is 19.4 Å². The summed E-state index contributed by atoms with van der Waals surface area (Å²) in [4.78, 5) is 27.7. The Morgan fingerprint density at radius 1 is 1.08 bits per heavy atom. The van der Waals surface area contributed by atoms with Crippen molar-refractivity contribution in [2.24, 2.45) is 5.92 Å².